The second-order valence-corrected chi connectivity index (χ2v) is 4.26. The molecule has 0 fully saturated rings. The molecule has 21 heavy (non-hydrogen) atoms. The third-order valence-corrected chi connectivity index (χ3v) is 2.86. The van der Waals surface area contributed by atoms with Crippen molar-refractivity contribution in [1.29, 1.82) is 0 Å². The molecule has 0 amide bonds. The fourth-order valence-electron chi connectivity index (χ4n) is 1.92. The van der Waals surface area contributed by atoms with Gasteiger partial charge in [0.15, 0.2) is 17.3 Å². The van der Waals surface area contributed by atoms with Crippen LogP contribution >= 0.6 is 0 Å². The number of rotatable bonds is 8. The Kier molecular flexibility index (Phi) is 6.52. The van der Waals surface area contributed by atoms with Crippen LogP contribution in [0.25, 0.3) is 0 Å². The van der Waals surface area contributed by atoms with E-state index in [0.29, 0.717) is 35.9 Å². The largest absolute Gasteiger partial charge is 0.493 e. The highest BCUT2D eigenvalue weighted by atomic mass is 16.5. The van der Waals surface area contributed by atoms with Crippen LogP contribution in [0.15, 0.2) is 12.1 Å². The van der Waals surface area contributed by atoms with Crippen LogP contribution in [0.3, 0.4) is 0 Å². The fraction of sp³-hybridized carbons (Fsp3) is 0.467. The maximum Gasteiger partial charge on any atom is 0.307 e. The molecule has 0 atom stereocenters. The van der Waals surface area contributed by atoms with Gasteiger partial charge in [-0.05, 0) is 26.0 Å². The summed E-state index contributed by atoms with van der Waals surface area (Å²) in [7, 11) is 3.02. The van der Waals surface area contributed by atoms with Crippen LogP contribution in [0.1, 0.15) is 30.6 Å². The second-order valence-electron chi connectivity index (χ2n) is 4.26. The lowest BCUT2D eigenvalue weighted by Crippen LogP contribution is -2.14. The Hall–Kier alpha value is -2.24. The molecule has 1 N–H and O–H groups in total. The summed E-state index contributed by atoms with van der Waals surface area (Å²) in [5.41, 5.74) is 1.00. The summed E-state index contributed by atoms with van der Waals surface area (Å²) in [6.07, 6.45) is 0.200. The van der Waals surface area contributed by atoms with E-state index < -0.39 is 0 Å². The SMILES string of the molecule is CCOC(=O)CCNc1c(C(C)=O)ccc(OC)c1OC. The van der Waals surface area contributed by atoms with Crippen LogP contribution in [0.2, 0.25) is 0 Å². The molecule has 0 unspecified atom stereocenters. The number of ketones is 1. The third-order valence-electron chi connectivity index (χ3n) is 2.86. The second kappa shape index (κ2) is 8.14. The first-order chi connectivity index (χ1) is 10.0. The molecular formula is C15H21NO5. The Labute approximate surface area is 124 Å². The Morgan fingerprint density at radius 1 is 1.19 bits per heavy atom. The van der Waals surface area contributed by atoms with Crippen LogP contribution < -0.4 is 14.8 Å². The number of nitrogens with one attached hydrogen (secondary N) is 1. The van der Waals surface area contributed by atoms with E-state index in [1.807, 2.05) is 0 Å². The molecule has 116 valence electrons. The zero-order valence-electron chi connectivity index (χ0n) is 12.8. The van der Waals surface area contributed by atoms with Crippen LogP contribution in [-0.4, -0.2) is 39.1 Å². The summed E-state index contributed by atoms with van der Waals surface area (Å²) in [6, 6.07) is 3.34. The highest BCUT2D eigenvalue weighted by molar-refractivity contribution is 6.01. The summed E-state index contributed by atoms with van der Waals surface area (Å²) in [5, 5.41) is 3.05. The molecule has 0 radical (unpaired) electrons. The topological polar surface area (TPSA) is 73.9 Å². The molecule has 0 spiro atoms. The van der Waals surface area contributed by atoms with E-state index in [1.54, 1.807) is 19.1 Å². The van der Waals surface area contributed by atoms with Crippen molar-refractivity contribution in [2.24, 2.45) is 0 Å². The Bertz CT molecular complexity index is 513. The van der Waals surface area contributed by atoms with Gasteiger partial charge in [0.2, 0.25) is 0 Å². The van der Waals surface area contributed by atoms with Gasteiger partial charge in [-0.2, -0.15) is 0 Å². The van der Waals surface area contributed by atoms with Crippen LogP contribution in [-0.2, 0) is 9.53 Å². The molecule has 0 heterocycles. The van der Waals surface area contributed by atoms with E-state index >= 15 is 0 Å². The number of hydrogen-bond donors (Lipinski definition) is 1. The van der Waals surface area contributed by atoms with E-state index in [0.717, 1.165) is 0 Å². The Balaban J connectivity index is 2.96. The zero-order valence-corrected chi connectivity index (χ0v) is 12.8. The number of ether oxygens (including phenoxy) is 3. The van der Waals surface area contributed by atoms with Gasteiger partial charge in [0.25, 0.3) is 0 Å². The molecule has 0 aliphatic rings. The molecule has 0 saturated carbocycles. The molecular weight excluding hydrogens is 274 g/mol. The van der Waals surface area contributed by atoms with Gasteiger partial charge < -0.3 is 19.5 Å². The molecule has 6 heteroatoms. The van der Waals surface area contributed by atoms with Crippen molar-refractivity contribution in [1.82, 2.24) is 0 Å². The molecule has 1 aromatic rings. The minimum atomic E-state index is -0.295. The van der Waals surface area contributed by atoms with Crippen LogP contribution in [0.4, 0.5) is 5.69 Å². The maximum atomic E-state index is 11.7. The molecule has 6 nitrogen and oxygen atoms in total. The Morgan fingerprint density at radius 2 is 1.90 bits per heavy atom. The molecule has 1 aromatic carbocycles. The molecule has 0 aromatic heterocycles. The number of methoxy groups -OCH3 is 2. The number of hydrogen-bond acceptors (Lipinski definition) is 6. The highest BCUT2D eigenvalue weighted by Gasteiger charge is 2.17. The number of esters is 1. The van der Waals surface area contributed by atoms with Crippen molar-refractivity contribution in [3.05, 3.63) is 17.7 Å². The average molecular weight is 295 g/mol. The van der Waals surface area contributed by atoms with Gasteiger partial charge in [-0.25, -0.2) is 0 Å². The van der Waals surface area contributed by atoms with E-state index in [9.17, 15) is 9.59 Å². The quantitative estimate of drug-likeness (QED) is 0.586. The van der Waals surface area contributed by atoms with Crippen molar-refractivity contribution in [2.75, 3.05) is 32.7 Å². The van der Waals surface area contributed by atoms with Gasteiger partial charge in [0.1, 0.15) is 0 Å². The molecule has 1 rings (SSSR count). The van der Waals surface area contributed by atoms with Gasteiger partial charge in [-0.15, -0.1) is 0 Å². The van der Waals surface area contributed by atoms with Gasteiger partial charge in [-0.3, -0.25) is 9.59 Å². The first kappa shape index (κ1) is 16.8. The van der Waals surface area contributed by atoms with E-state index in [1.165, 1.54) is 21.1 Å². The number of Topliss-reactive ketones (excluding diaryl/α,β-unsaturated/α-hetero) is 1. The van der Waals surface area contributed by atoms with Gasteiger partial charge in [0, 0.05) is 12.1 Å². The first-order valence-electron chi connectivity index (χ1n) is 6.70. The smallest absolute Gasteiger partial charge is 0.307 e. The predicted molar refractivity (Wildman–Crippen MR) is 79.3 cm³/mol. The summed E-state index contributed by atoms with van der Waals surface area (Å²) >= 11 is 0. The number of anilines is 1. The summed E-state index contributed by atoms with van der Waals surface area (Å²) in [5.74, 6) is 0.556. The summed E-state index contributed by atoms with van der Waals surface area (Å²) in [4.78, 5) is 23.1. The standard InChI is InChI=1S/C15H21NO5/c1-5-21-13(18)8-9-16-14-11(10(2)17)6-7-12(19-3)15(14)20-4/h6-7,16H,5,8-9H2,1-4H3. The monoisotopic (exact) mass is 295 g/mol. The Morgan fingerprint density at radius 3 is 2.43 bits per heavy atom. The van der Waals surface area contributed by atoms with E-state index in [4.69, 9.17) is 14.2 Å². The first-order valence-corrected chi connectivity index (χ1v) is 6.70. The lowest BCUT2D eigenvalue weighted by Gasteiger charge is -2.17. The van der Waals surface area contributed by atoms with Crippen molar-refractivity contribution in [3.63, 3.8) is 0 Å². The minimum Gasteiger partial charge on any atom is -0.493 e. The average Bonchev–Trinajstić information content (AvgIpc) is 2.46. The maximum absolute atomic E-state index is 11.7. The summed E-state index contributed by atoms with van der Waals surface area (Å²) < 4.78 is 15.4. The van der Waals surface area contributed by atoms with Crippen molar-refractivity contribution in [2.45, 2.75) is 20.3 Å². The normalized spacial score (nSPS) is 9.90. The lowest BCUT2D eigenvalue weighted by molar-refractivity contribution is -0.142. The van der Waals surface area contributed by atoms with E-state index in [-0.39, 0.29) is 18.2 Å². The number of carbonyl (C=O) groups excluding carboxylic acids is 2. The van der Waals surface area contributed by atoms with Gasteiger partial charge in [-0.1, -0.05) is 0 Å². The number of benzene rings is 1. The molecule has 0 saturated heterocycles. The molecule has 0 aliphatic heterocycles. The van der Waals surface area contributed by atoms with Gasteiger partial charge >= 0.3 is 5.97 Å². The fourth-order valence-corrected chi connectivity index (χ4v) is 1.92. The number of carbonyl (C=O) groups is 2. The van der Waals surface area contributed by atoms with Crippen molar-refractivity contribution < 1.29 is 23.8 Å². The van der Waals surface area contributed by atoms with Gasteiger partial charge in [0.05, 0.1) is 32.9 Å². The highest BCUT2D eigenvalue weighted by Crippen LogP contribution is 2.38. The molecule has 0 aliphatic carbocycles. The minimum absolute atomic E-state index is 0.102. The lowest BCUT2D eigenvalue weighted by atomic mass is 10.1. The van der Waals surface area contributed by atoms with E-state index in [2.05, 4.69) is 5.32 Å². The zero-order chi connectivity index (χ0) is 15.8. The third kappa shape index (κ3) is 4.37. The summed E-state index contributed by atoms with van der Waals surface area (Å²) in [6.45, 7) is 3.91. The van der Waals surface area contributed by atoms with Crippen LogP contribution in [0.5, 0.6) is 11.5 Å². The van der Waals surface area contributed by atoms with Crippen molar-refractivity contribution in [3.8, 4) is 11.5 Å². The van der Waals surface area contributed by atoms with Crippen molar-refractivity contribution >= 4 is 17.4 Å². The predicted octanol–water partition coefficient (Wildman–Crippen LogP) is 2.27. The molecule has 0 bridgehead atoms. The van der Waals surface area contributed by atoms with Crippen LogP contribution in [0, 0.1) is 0 Å².